The zero-order valence-electron chi connectivity index (χ0n) is 18.3. The number of aromatic nitrogens is 1. The summed E-state index contributed by atoms with van der Waals surface area (Å²) in [5.41, 5.74) is 1.47. The maximum atomic E-state index is 13.1. The van der Waals surface area contributed by atoms with Crippen LogP contribution >= 0.6 is 0 Å². The van der Waals surface area contributed by atoms with Crippen molar-refractivity contribution in [3.8, 4) is 12.3 Å². The van der Waals surface area contributed by atoms with Gasteiger partial charge in [-0.3, -0.25) is 9.59 Å². The fourth-order valence-electron chi connectivity index (χ4n) is 3.83. The highest BCUT2D eigenvalue weighted by Crippen LogP contribution is 2.28. The van der Waals surface area contributed by atoms with Gasteiger partial charge >= 0.3 is 0 Å². The molecule has 0 bridgehead atoms. The molecule has 0 aliphatic carbocycles. The first-order valence-electron chi connectivity index (χ1n) is 10.2. The van der Waals surface area contributed by atoms with Crippen molar-refractivity contribution >= 4 is 27.5 Å². The maximum absolute atomic E-state index is 13.1. The summed E-state index contributed by atoms with van der Waals surface area (Å²) in [4.78, 5) is 26.7. The van der Waals surface area contributed by atoms with Gasteiger partial charge in [0.1, 0.15) is 10.6 Å². The average molecular weight is 459 g/mol. The van der Waals surface area contributed by atoms with E-state index in [9.17, 15) is 18.0 Å². The molecule has 170 valence electrons. The SMILES string of the molecule is C#Cc1cccc(NC(=O)CN(C)C(=O)C2CCCN(S(=O)(=O)c3c(C)noc3C)C2)c1. The molecule has 9 nitrogen and oxygen atoms in total. The molecule has 1 aliphatic heterocycles. The molecule has 10 heteroatoms. The first-order valence-corrected chi connectivity index (χ1v) is 11.6. The number of sulfonamides is 1. The van der Waals surface area contributed by atoms with Crippen LogP contribution in [0.15, 0.2) is 33.7 Å². The second kappa shape index (κ2) is 9.54. The molecule has 1 N–H and O–H groups in total. The van der Waals surface area contributed by atoms with Gasteiger partial charge in [-0.1, -0.05) is 17.1 Å². The first kappa shape index (κ1) is 23.5. The maximum Gasteiger partial charge on any atom is 0.248 e. The number of carbonyl (C=O) groups excluding carboxylic acids is 2. The predicted octanol–water partition coefficient (Wildman–Crippen LogP) is 1.77. The van der Waals surface area contributed by atoms with Crippen LogP contribution in [0.2, 0.25) is 0 Å². The molecule has 1 aromatic carbocycles. The molecule has 0 radical (unpaired) electrons. The summed E-state index contributed by atoms with van der Waals surface area (Å²) in [5.74, 6) is 1.53. The lowest BCUT2D eigenvalue weighted by Gasteiger charge is -2.33. The van der Waals surface area contributed by atoms with Crippen LogP contribution in [0.4, 0.5) is 5.69 Å². The third kappa shape index (κ3) is 5.00. The van der Waals surface area contributed by atoms with Gasteiger partial charge in [0.2, 0.25) is 21.8 Å². The van der Waals surface area contributed by atoms with Crippen LogP contribution in [-0.4, -0.2) is 61.3 Å². The van der Waals surface area contributed by atoms with Crippen molar-refractivity contribution in [2.24, 2.45) is 5.92 Å². The standard InChI is InChI=1S/C22H26N4O5S/c1-5-17-8-6-10-19(12-17)23-20(27)14-25(4)22(28)18-9-7-11-26(13-18)32(29,30)21-15(2)24-31-16(21)3/h1,6,8,10,12,18H,7,9,11,13-14H2,2-4H3,(H,23,27). The van der Waals surface area contributed by atoms with Crippen LogP contribution in [0, 0.1) is 32.1 Å². The molecule has 0 saturated carbocycles. The summed E-state index contributed by atoms with van der Waals surface area (Å²) in [6.07, 6.45) is 6.45. The highest BCUT2D eigenvalue weighted by Gasteiger charge is 2.37. The molecule has 1 unspecified atom stereocenters. The molecule has 1 fully saturated rings. The number of terminal acetylenes is 1. The van der Waals surface area contributed by atoms with Gasteiger partial charge < -0.3 is 14.7 Å². The zero-order chi connectivity index (χ0) is 23.5. The number of aryl methyl sites for hydroxylation is 2. The van der Waals surface area contributed by atoms with Crippen LogP contribution in [-0.2, 0) is 19.6 Å². The Morgan fingerprint density at radius 1 is 1.38 bits per heavy atom. The van der Waals surface area contributed by atoms with Gasteiger partial charge in [0.25, 0.3) is 0 Å². The molecule has 2 aromatic rings. The molecular formula is C22H26N4O5S. The Hall–Kier alpha value is -3.16. The van der Waals surface area contributed by atoms with E-state index < -0.39 is 15.9 Å². The van der Waals surface area contributed by atoms with E-state index in [0.717, 1.165) is 0 Å². The van der Waals surface area contributed by atoms with Crippen molar-refractivity contribution in [2.75, 3.05) is 32.0 Å². The third-order valence-corrected chi connectivity index (χ3v) is 7.48. The van der Waals surface area contributed by atoms with Crippen molar-refractivity contribution in [2.45, 2.75) is 31.6 Å². The normalized spacial score (nSPS) is 16.9. The fraction of sp³-hybridized carbons (Fsp3) is 0.409. The second-order valence-corrected chi connectivity index (χ2v) is 9.70. The van der Waals surface area contributed by atoms with Crippen molar-refractivity contribution in [1.29, 1.82) is 0 Å². The molecule has 0 spiro atoms. The summed E-state index contributed by atoms with van der Waals surface area (Å²) in [6, 6.07) is 6.85. The van der Waals surface area contributed by atoms with E-state index in [-0.39, 0.29) is 35.6 Å². The largest absolute Gasteiger partial charge is 0.360 e. The molecule has 1 atom stereocenters. The minimum Gasteiger partial charge on any atom is -0.360 e. The number of benzene rings is 1. The Balaban J connectivity index is 1.64. The van der Waals surface area contributed by atoms with E-state index in [2.05, 4.69) is 16.4 Å². The smallest absolute Gasteiger partial charge is 0.248 e. The van der Waals surface area contributed by atoms with Crippen LogP contribution in [0.25, 0.3) is 0 Å². The predicted molar refractivity (Wildman–Crippen MR) is 118 cm³/mol. The molecule has 1 aromatic heterocycles. The van der Waals surface area contributed by atoms with Crippen LogP contribution in [0.5, 0.6) is 0 Å². The molecule has 2 amide bonds. The van der Waals surface area contributed by atoms with Gasteiger partial charge in [-0.05, 0) is 44.9 Å². The summed E-state index contributed by atoms with van der Waals surface area (Å²) in [5, 5.41) is 6.44. The number of amides is 2. The number of piperidine rings is 1. The minimum absolute atomic E-state index is 0.0431. The van der Waals surface area contributed by atoms with E-state index in [4.69, 9.17) is 10.9 Å². The number of hydrogen-bond donors (Lipinski definition) is 1. The lowest BCUT2D eigenvalue weighted by Crippen LogP contribution is -2.47. The highest BCUT2D eigenvalue weighted by atomic mass is 32.2. The molecule has 2 heterocycles. The first-order chi connectivity index (χ1) is 15.1. The lowest BCUT2D eigenvalue weighted by atomic mass is 9.98. The monoisotopic (exact) mass is 458 g/mol. The summed E-state index contributed by atoms with van der Waals surface area (Å²) in [6.45, 7) is 3.31. The van der Waals surface area contributed by atoms with Gasteiger partial charge in [-0.15, -0.1) is 6.42 Å². The van der Waals surface area contributed by atoms with Crippen LogP contribution < -0.4 is 5.32 Å². The van der Waals surface area contributed by atoms with Gasteiger partial charge in [-0.25, -0.2) is 8.42 Å². The molecule has 3 rings (SSSR count). The van der Waals surface area contributed by atoms with Gasteiger partial charge in [0.05, 0.1) is 12.5 Å². The topological polar surface area (TPSA) is 113 Å². The Labute approximate surface area is 187 Å². The number of nitrogens with zero attached hydrogens (tertiary/aromatic N) is 3. The number of carbonyl (C=O) groups is 2. The number of nitrogens with one attached hydrogen (secondary N) is 1. The lowest BCUT2D eigenvalue weighted by molar-refractivity contribution is -0.138. The average Bonchev–Trinajstić information content (AvgIpc) is 3.11. The number of rotatable bonds is 6. The van der Waals surface area contributed by atoms with Crippen molar-refractivity contribution in [3.05, 3.63) is 41.3 Å². The Kier molecular flexibility index (Phi) is 7.01. The number of anilines is 1. The van der Waals surface area contributed by atoms with Gasteiger partial charge in [0.15, 0.2) is 5.76 Å². The number of hydrogen-bond acceptors (Lipinski definition) is 6. The van der Waals surface area contributed by atoms with Gasteiger partial charge in [-0.2, -0.15) is 4.31 Å². The Morgan fingerprint density at radius 3 is 2.78 bits per heavy atom. The summed E-state index contributed by atoms with van der Waals surface area (Å²) >= 11 is 0. The Morgan fingerprint density at radius 2 is 2.12 bits per heavy atom. The van der Waals surface area contributed by atoms with Crippen molar-refractivity contribution < 1.29 is 22.5 Å². The van der Waals surface area contributed by atoms with Crippen molar-refractivity contribution in [3.63, 3.8) is 0 Å². The quantitative estimate of drug-likeness (QED) is 0.660. The fourth-order valence-corrected chi connectivity index (χ4v) is 5.64. The van der Waals surface area contributed by atoms with Crippen molar-refractivity contribution in [1.82, 2.24) is 14.4 Å². The summed E-state index contributed by atoms with van der Waals surface area (Å²) < 4.78 is 32.5. The minimum atomic E-state index is -3.83. The van der Waals surface area contributed by atoms with E-state index in [0.29, 0.717) is 36.3 Å². The van der Waals surface area contributed by atoms with E-state index in [1.165, 1.54) is 16.3 Å². The molecule has 1 aliphatic rings. The molecular weight excluding hydrogens is 432 g/mol. The third-order valence-electron chi connectivity index (χ3n) is 5.37. The van der Waals surface area contributed by atoms with E-state index in [1.807, 2.05) is 0 Å². The van der Waals surface area contributed by atoms with E-state index >= 15 is 0 Å². The highest BCUT2D eigenvalue weighted by molar-refractivity contribution is 7.89. The Bertz CT molecular complexity index is 1150. The van der Waals surface area contributed by atoms with Crippen LogP contribution in [0.3, 0.4) is 0 Å². The van der Waals surface area contributed by atoms with Crippen LogP contribution in [0.1, 0.15) is 29.9 Å². The van der Waals surface area contributed by atoms with E-state index in [1.54, 1.807) is 38.1 Å². The van der Waals surface area contributed by atoms with Gasteiger partial charge in [0, 0.05) is 31.4 Å². The second-order valence-electron chi connectivity index (χ2n) is 7.82. The summed E-state index contributed by atoms with van der Waals surface area (Å²) in [7, 11) is -2.30. The number of likely N-dealkylation sites (N-methyl/N-ethyl adjacent to an activating group) is 1. The zero-order valence-corrected chi connectivity index (χ0v) is 19.1. The molecule has 32 heavy (non-hydrogen) atoms. The molecule has 1 saturated heterocycles.